The van der Waals surface area contributed by atoms with Gasteiger partial charge in [0.05, 0.1) is 10.6 Å². The number of pyridine rings is 1. The number of thiophene rings is 1. The molecule has 0 saturated carbocycles. The van der Waals surface area contributed by atoms with Gasteiger partial charge in [-0.2, -0.15) is 0 Å². The van der Waals surface area contributed by atoms with Crippen LogP contribution in [-0.2, 0) is 0 Å². The summed E-state index contributed by atoms with van der Waals surface area (Å²) < 4.78 is 0. The van der Waals surface area contributed by atoms with Gasteiger partial charge in [-0.3, -0.25) is 4.79 Å². The maximum Gasteiger partial charge on any atom is 0.345 e. The van der Waals surface area contributed by atoms with Crippen molar-refractivity contribution in [2.45, 2.75) is 0 Å². The number of hydrogen-bond donors (Lipinski definition) is 2. The average molecular weight is 317 g/mol. The fraction of sp³-hybridized carbons (Fsp3) is 0. The van der Waals surface area contributed by atoms with Crippen molar-refractivity contribution in [2.24, 2.45) is 0 Å². The molecule has 1 amide bonds. The van der Waals surface area contributed by atoms with Crippen LogP contribution in [0.5, 0.6) is 0 Å². The first-order valence-corrected chi connectivity index (χ1v) is 6.51. The molecular weight excluding hydrogens is 311 g/mol. The van der Waals surface area contributed by atoms with Gasteiger partial charge < -0.3 is 10.4 Å². The quantitative estimate of drug-likeness (QED) is 0.850. The molecule has 0 atom stereocenters. The van der Waals surface area contributed by atoms with E-state index >= 15 is 0 Å². The average Bonchev–Trinajstić information content (AvgIpc) is 2.77. The van der Waals surface area contributed by atoms with E-state index in [4.69, 9.17) is 28.3 Å². The number of halogens is 2. The molecule has 2 aromatic rings. The van der Waals surface area contributed by atoms with Crippen molar-refractivity contribution >= 4 is 51.4 Å². The SMILES string of the molecule is O=C(O)c1ccc(NC(=O)c2ccc(Cl)nc2Cl)s1. The fourth-order valence-corrected chi connectivity index (χ4v) is 2.45. The second-order valence-electron chi connectivity index (χ2n) is 3.40. The van der Waals surface area contributed by atoms with Gasteiger partial charge in [0.15, 0.2) is 0 Å². The Kier molecular flexibility index (Phi) is 4.04. The van der Waals surface area contributed by atoms with E-state index < -0.39 is 11.9 Å². The first-order valence-electron chi connectivity index (χ1n) is 4.94. The van der Waals surface area contributed by atoms with Crippen LogP contribution in [0.3, 0.4) is 0 Å². The number of carboxylic acid groups (broad SMARTS) is 1. The predicted octanol–water partition coefficient (Wildman–Crippen LogP) is 3.40. The number of amides is 1. The van der Waals surface area contributed by atoms with Crippen LogP contribution in [0.4, 0.5) is 5.00 Å². The van der Waals surface area contributed by atoms with Crippen LogP contribution in [0.1, 0.15) is 20.0 Å². The zero-order chi connectivity index (χ0) is 14.0. The van der Waals surface area contributed by atoms with Crippen LogP contribution in [-0.4, -0.2) is 22.0 Å². The Hall–Kier alpha value is -1.63. The first-order chi connectivity index (χ1) is 8.97. The third-order valence-corrected chi connectivity index (χ3v) is 3.60. The Morgan fingerprint density at radius 1 is 1.21 bits per heavy atom. The van der Waals surface area contributed by atoms with E-state index in [0.29, 0.717) is 5.00 Å². The van der Waals surface area contributed by atoms with Gasteiger partial charge in [-0.05, 0) is 24.3 Å². The number of nitrogens with zero attached hydrogens (tertiary/aromatic N) is 1. The topological polar surface area (TPSA) is 79.3 Å². The highest BCUT2D eigenvalue weighted by atomic mass is 35.5. The maximum atomic E-state index is 11.9. The van der Waals surface area contributed by atoms with Crippen LogP contribution in [0.15, 0.2) is 24.3 Å². The predicted molar refractivity (Wildman–Crippen MR) is 73.5 cm³/mol. The summed E-state index contributed by atoms with van der Waals surface area (Å²) in [6.45, 7) is 0. The minimum atomic E-state index is -1.04. The molecule has 0 unspecified atom stereocenters. The molecule has 0 fully saturated rings. The lowest BCUT2D eigenvalue weighted by Crippen LogP contribution is -2.12. The Balaban J connectivity index is 2.18. The number of carbonyl (C=O) groups is 2. The van der Waals surface area contributed by atoms with Gasteiger partial charge in [0, 0.05) is 0 Å². The molecule has 2 aromatic heterocycles. The number of carboxylic acids is 1. The lowest BCUT2D eigenvalue weighted by atomic mass is 10.3. The summed E-state index contributed by atoms with van der Waals surface area (Å²) in [7, 11) is 0. The van der Waals surface area contributed by atoms with Gasteiger partial charge in [0.1, 0.15) is 15.2 Å². The van der Waals surface area contributed by atoms with Crippen molar-refractivity contribution in [3.63, 3.8) is 0 Å². The molecule has 98 valence electrons. The summed E-state index contributed by atoms with van der Waals surface area (Å²) in [5.74, 6) is -1.52. The fourth-order valence-electron chi connectivity index (χ4n) is 1.28. The van der Waals surface area contributed by atoms with Crippen LogP contribution in [0, 0.1) is 0 Å². The van der Waals surface area contributed by atoms with Crippen LogP contribution < -0.4 is 5.32 Å². The van der Waals surface area contributed by atoms with Gasteiger partial charge in [-0.15, -0.1) is 11.3 Å². The van der Waals surface area contributed by atoms with E-state index in [9.17, 15) is 9.59 Å². The highest BCUT2D eigenvalue weighted by Gasteiger charge is 2.14. The van der Waals surface area contributed by atoms with E-state index in [1.54, 1.807) is 0 Å². The minimum absolute atomic E-state index is 0.0139. The Morgan fingerprint density at radius 3 is 2.53 bits per heavy atom. The van der Waals surface area contributed by atoms with Gasteiger partial charge in [-0.1, -0.05) is 23.2 Å². The third-order valence-electron chi connectivity index (χ3n) is 2.11. The van der Waals surface area contributed by atoms with E-state index in [1.807, 2.05) is 0 Å². The number of aromatic nitrogens is 1. The molecule has 0 aromatic carbocycles. The van der Waals surface area contributed by atoms with E-state index in [-0.39, 0.29) is 20.7 Å². The van der Waals surface area contributed by atoms with Crippen molar-refractivity contribution in [3.8, 4) is 0 Å². The molecule has 2 rings (SSSR count). The van der Waals surface area contributed by atoms with Crippen molar-refractivity contribution in [2.75, 3.05) is 5.32 Å². The molecule has 2 heterocycles. The molecule has 8 heteroatoms. The largest absolute Gasteiger partial charge is 0.477 e. The highest BCUT2D eigenvalue weighted by Crippen LogP contribution is 2.24. The normalized spacial score (nSPS) is 10.2. The smallest absolute Gasteiger partial charge is 0.345 e. The molecule has 19 heavy (non-hydrogen) atoms. The lowest BCUT2D eigenvalue weighted by molar-refractivity contribution is 0.0702. The number of carbonyl (C=O) groups excluding carboxylic acids is 1. The van der Waals surface area contributed by atoms with Crippen molar-refractivity contribution in [1.29, 1.82) is 0 Å². The highest BCUT2D eigenvalue weighted by molar-refractivity contribution is 7.18. The summed E-state index contributed by atoms with van der Waals surface area (Å²) >= 11 is 12.4. The van der Waals surface area contributed by atoms with Crippen LogP contribution >= 0.6 is 34.5 Å². The summed E-state index contributed by atoms with van der Waals surface area (Å²) in [6, 6.07) is 5.80. The molecule has 0 bridgehead atoms. The van der Waals surface area contributed by atoms with E-state index in [0.717, 1.165) is 11.3 Å². The Labute approximate surface area is 121 Å². The van der Waals surface area contributed by atoms with Crippen LogP contribution in [0.2, 0.25) is 10.3 Å². The third kappa shape index (κ3) is 3.23. The molecule has 0 aliphatic heterocycles. The van der Waals surface area contributed by atoms with Gasteiger partial charge in [0.2, 0.25) is 0 Å². The molecule has 2 N–H and O–H groups in total. The van der Waals surface area contributed by atoms with Gasteiger partial charge >= 0.3 is 5.97 Å². The summed E-state index contributed by atoms with van der Waals surface area (Å²) in [6.07, 6.45) is 0. The summed E-state index contributed by atoms with van der Waals surface area (Å²) in [5, 5.41) is 11.9. The molecular formula is C11H6Cl2N2O3S. The molecule has 0 saturated heterocycles. The number of hydrogen-bond acceptors (Lipinski definition) is 4. The lowest BCUT2D eigenvalue weighted by Gasteiger charge is -2.04. The van der Waals surface area contributed by atoms with Gasteiger partial charge in [-0.25, -0.2) is 9.78 Å². The number of rotatable bonds is 3. The maximum absolute atomic E-state index is 11.9. The minimum Gasteiger partial charge on any atom is -0.477 e. The summed E-state index contributed by atoms with van der Waals surface area (Å²) in [5.41, 5.74) is 0.163. The second kappa shape index (κ2) is 5.56. The van der Waals surface area contributed by atoms with Crippen molar-refractivity contribution in [1.82, 2.24) is 4.98 Å². The van der Waals surface area contributed by atoms with Gasteiger partial charge in [0.25, 0.3) is 5.91 Å². The Morgan fingerprint density at radius 2 is 1.95 bits per heavy atom. The van der Waals surface area contributed by atoms with E-state index in [2.05, 4.69) is 10.3 Å². The molecule has 5 nitrogen and oxygen atoms in total. The number of aromatic carboxylic acids is 1. The summed E-state index contributed by atoms with van der Waals surface area (Å²) in [4.78, 5) is 26.5. The zero-order valence-corrected chi connectivity index (χ0v) is 11.5. The monoisotopic (exact) mass is 316 g/mol. The molecule has 0 aliphatic rings. The molecule has 0 radical (unpaired) electrons. The van der Waals surface area contributed by atoms with Crippen molar-refractivity contribution in [3.05, 3.63) is 45.0 Å². The van der Waals surface area contributed by atoms with Crippen LogP contribution in [0.25, 0.3) is 0 Å². The molecule has 0 aliphatic carbocycles. The van der Waals surface area contributed by atoms with E-state index in [1.165, 1.54) is 24.3 Å². The molecule has 0 spiro atoms. The van der Waals surface area contributed by atoms with Crippen molar-refractivity contribution < 1.29 is 14.7 Å². The standard InChI is InChI=1S/C11H6Cl2N2O3S/c12-7-3-1-5(9(13)14-7)10(16)15-8-4-2-6(19-8)11(17)18/h1-4H,(H,15,16)(H,17,18). The zero-order valence-electron chi connectivity index (χ0n) is 9.18. The second-order valence-corrected chi connectivity index (χ2v) is 5.22. The Bertz CT molecular complexity index is 657. The number of anilines is 1. The first kappa shape index (κ1) is 13.8. The number of nitrogens with one attached hydrogen (secondary N) is 1.